The van der Waals surface area contributed by atoms with Gasteiger partial charge in [-0.2, -0.15) is 0 Å². The van der Waals surface area contributed by atoms with Crippen molar-refractivity contribution in [2.45, 2.75) is 19.9 Å². The van der Waals surface area contributed by atoms with E-state index in [0.717, 1.165) is 22.0 Å². The Hall–Kier alpha value is -2.66. The Kier molecular flexibility index (Phi) is 5.09. The SMILES string of the molecule is Cc1ncc([C@@H](C)N(C)C(=O)Nc2ccc(F)c(Cl)c2)c2ccccc12. The van der Waals surface area contributed by atoms with Crippen LogP contribution in [-0.4, -0.2) is 23.0 Å². The Balaban J connectivity index is 1.85. The Labute approximate surface area is 156 Å². The number of aryl methyl sites for hydroxylation is 1. The second-order valence-corrected chi connectivity index (χ2v) is 6.60. The summed E-state index contributed by atoms with van der Waals surface area (Å²) >= 11 is 5.77. The first-order valence-corrected chi connectivity index (χ1v) is 8.59. The molecule has 3 aromatic rings. The van der Waals surface area contributed by atoms with Crippen molar-refractivity contribution >= 4 is 34.1 Å². The van der Waals surface area contributed by atoms with E-state index in [9.17, 15) is 9.18 Å². The predicted molar refractivity (Wildman–Crippen MR) is 103 cm³/mol. The normalized spacial score (nSPS) is 12.0. The first kappa shape index (κ1) is 18.1. The summed E-state index contributed by atoms with van der Waals surface area (Å²) < 4.78 is 13.3. The highest BCUT2D eigenvalue weighted by atomic mass is 35.5. The number of pyridine rings is 1. The second-order valence-electron chi connectivity index (χ2n) is 6.19. The van der Waals surface area contributed by atoms with Crippen molar-refractivity contribution in [2.75, 3.05) is 12.4 Å². The van der Waals surface area contributed by atoms with Crippen LogP contribution in [0.4, 0.5) is 14.9 Å². The molecule has 0 aliphatic heterocycles. The number of hydrogen-bond acceptors (Lipinski definition) is 2. The van der Waals surface area contributed by atoms with Crippen molar-refractivity contribution in [2.24, 2.45) is 0 Å². The van der Waals surface area contributed by atoms with Crippen molar-refractivity contribution < 1.29 is 9.18 Å². The highest BCUT2D eigenvalue weighted by molar-refractivity contribution is 6.31. The van der Waals surface area contributed by atoms with Gasteiger partial charge in [0.2, 0.25) is 0 Å². The predicted octanol–water partition coefficient (Wildman–Crippen LogP) is 5.56. The lowest BCUT2D eigenvalue weighted by atomic mass is 10.0. The van der Waals surface area contributed by atoms with Crippen LogP contribution in [0, 0.1) is 12.7 Å². The molecule has 0 bridgehead atoms. The van der Waals surface area contributed by atoms with Crippen molar-refractivity contribution in [3.63, 3.8) is 0 Å². The maximum atomic E-state index is 13.3. The highest BCUT2D eigenvalue weighted by Crippen LogP contribution is 2.28. The van der Waals surface area contributed by atoms with E-state index in [0.29, 0.717) is 5.69 Å². The largest absolute Gasteiger partial charge is 0.322 e. The zero-order valence-corrected chi connectivity index (χ0v) is 15.5. The molecule has 1 N–H and O–H groups in total. The summed E-state index contributed by atoms with van der Waals surface area (Å²) in [5.74, 6) is -0.524. The maximum Gasteiger partial charge on any atom is 0.322 e. The number of anilines is 1. The summed E-state index contributed by atoms with van der Waals surface area (Å²) in [5, 5.41) is 4.83. The van der Waals surface area contributed by atoms with Crippen LogP contribution in [0.2, 0.25) is 5.02 Å². The van der Waals surface area contributed by atoms with Crippen molar-refractivity contribution in [1.82, 2.24) is 9.88 Å². The zero-order chi connectivity index (χ0) is 18.8. The molecule has 6 heteroatoms. The third-order valence-corrected chi connectivity index (χ3v) is 4.84. The quantitative estimate of drug-likeness (QED) is 0.655. The fourth-order valence-electron chi connectivity index (χ4n) is 2.86. The smallest absolute Gasteiger partial charge is 0.321 e. The number of carbonyl (C=O) groups excluding carboxylic acids is 1. The number of nitrogens with one attached hydrogen (secondary N) is 1. The number of urea groups is 1. The molecule has 2 amide bonds. The highest BCUT2D eigenvalue weighted by Gasteiger charge is 2.20. The number of nitrogens with zero attached hydrogens (tertiary/aromatic N) is 2. The minimum Gasteiger partial charge on any atom is -0.321 e. The van der Waals surface area contributed by atoms with Gasteiger partial charge in [-0.25, -0.2) is 9.18 Å². The topological polar surface area (TPSA) is 45.2 Å². The molecule has 1 heterocycles. The Morgan fingerprint density at radius 2 is 1.92 bits per heavy atom. The van der Waals surface area contributed by atoms with Crippen LogP contribution in [0.3, 0.4) is 0 Å². The average Bonchev–Trinajstić information content (AvgIpc) is 2.64. The third-order valence-electron chi connectivity index (χ3n) is 4.55. The van der Waals surface area contributed by atoms with E-state index in [1.807, 2.05) is 38.1 Å². The van der Waals surface area contributed by atoms with Crippen molar-refractivity contribution in [3.8, 4) is 0 Å². The molecular weight excluding hydrogens is 353 g/mol. The van der Waals surface area contributed by atoms with E-state index >= 15 is 0 Å². The van der Waals surface area contributed by atoms with E-state index in [1.165, 1.54) is 18.2 Å². The summed E-state index contributed by atoms with van der Waals surface area (Å²) in [7, 11) is 1.71. The molecule has 1 atom stereocenters. The summed E-state index contributed by atoms with van der Waals surface area (Å²) in [5.41, 5.74) is 2.35. The lowest BCUT2D eigenvalue weighted by Crippen LogP contribution is -2.33. The zero-order valence-electron chi connectivity index (χ0n) is 14.8. The molecule has 0 radical (unpaired) electrons. The standard InChI is InChI=1S/C20H19ClFN3O/c1-12-15-6-4-5-7-16(15)17(11-23-12)13(2)25(3)20(26)24-14-8-9-19(22)18(21)10-14/h4-11,13H,1-3H3,(H,24,26)/t13-/m1/s1. The van der Waals surface area contributed by atoms with Gasteiger partial charge in [-0.05, 0) is 37.4 Å². The number of benzene rings is 2. The van der Waals surface area contributed by atoms with Gasteiger partial charge in [0.25, 0.3) is 0 Å². The molecule has 0 unspecified atom stereocenters. The van der Waals surface area contributed by atoms with Crippen LogP contribution in [0.25, 0.3) is 10.8 Å². The lowest BCUT2D eigenvalue weighted by Gasteiger charge is -2.26. The van der Waals surface area contributed by atoms with Gasteiger partial charge in [0, 0.05) is 35.6 Å². The average molecular weight is 372 g/mol. The minimum absolute atomic E-state index is 0.0350. The number of rotatable bonds is 3. The van der Waals surface area contributed by atoms with Crippen LogP contribution in [-0.2, 0) is 0 Å². The molecule has 134 valence electrons. The van der Waals surface area contributed by atoms with Crippen LogP contribution >= 0.6 is 11.6 Å². The second kappa shape index (κ2) is 7.30. The van der Waals surface area contributed by atoms with Gasteiger partial charge in [0.1, 0.15) is 5.82 Å². The van der Waals surface area contributed by atoms with Gasteiger partial charge < -0.3 is 10.2 Å². The first-order valence-electron chi connectivity index (χ1n) is 8.21. The minimum atomic E-state index is -0.524. The van der Waals surface area contributed by atoms with E-state index in [4.69, 9.17) is 11.6 Å². The van der Waals surface area contributed by atoms with Crippen LogP contribution in [0.5, 0.6) is 0 Å². The van der Waals surface area contributed by atoms with Gasteiger partial charge in [0.05, 0.1) is 11.1 Å². The van der Waals surface area contributed by atoms with E-state index in [1.54, 1.807) is 18.1 Å². The molecule has 26 heavy (non-hydrogen) atoms. The monoisotopic (exact) mass is 371 g/mol. The van der Waals surface area contributed by atoms with Gasteiger partial charge in [-0.15, -0.1) is 0 Å². The molecule has 1 aromatic heterocycles. The molecule has 0 spiro atoms. The molecule has 0 fully saturated rings. The van der Waals surface area contributed by atoms with E-state index in [-0.39, 0.29) is 17.1 Å². The number of carbonyl (C=O) groups is 1. The summed E-state index contributed by atoms with van der Waals surface area (Å²) in [4.78, 5) is 18.6. The van der Waals surface area contributed by atoms with E-state index < -0.39 is 5.82 Å². The van der Waals surface area contributed by atoms with Crippen LogP contribution in [0.15, 0.2) is 48.7 Å². The molecule has 0 saturated carbocycles. The van der Waals surface area contributed by atoms with Crippen LogP contribution < -0.4 is 5.32 Å². The fraction of sp³-hybridized carbons (Fsp3) is 0.200. The fourth-order valence-corrected chi connectivity index (χ4v) is 3.04. The van der Waals surface area contributed by atoms with E-state index in [2.05, 4.69) is 10.3 Å². The number of hydrogen-bond donors (Lipinski definition) is 1. The molecule has 4 nitrogen and oxygen atoms in total. The van der Waals surface area contributed by atoms with Crippen molar-refractivity contribution in [1.29, 1.82) is 0 Å². The van der Waals surface area contributed by atoms with Gasteiger partial charge in [0.15, 0.2) is 0 Å². The van der Waals surface area contributed by atoms with Gasteiger partial charge >= 0.3 is 6.03 Å². The Morgan fingerprint density at radius 3 is 2.62 bits per heavy atom. The maximum absolute atomic E-state index is 13.3. The summed E-state index contributed by atoms with van der Waals surface area (Å²) in [6, 6.07) is 11.6. The van der Waals surface area contributed by atoms with Gasteiger partial charge in [-0.1, -0.05) is 35.9 Å². The van der Waals surface area contributed by atoms with Crippen LogP contribution in [0.1, 0.15) is 24.2 Å². The Morgan fingerprint density at radius 1 is 1.23 bits per heavy atom. The molecule has 0 aliphatic carbocycles. The Bertz CT molecular complexity index is 976. The number of amides is 2. The summed E-state index contributed by atoms with van der Waals surface area (Å²) in [6.07, 6.45) is 1.81. The molecule has 0 saturated heterocycles. The molecule has 0 aliphatic rings. The molecular formula is C20H19ClFN3O. The number of fused-ring (bicyclic) bond motifs is 1. The third kappa shape index (κ3) is 3.48. The molecule has 2 aromatic carbocycles. The van der Waals surface area contributed by atoms with Gasteiger partial charge in [-0.3, -0.25) is 4.98 Å². The first-order chi connectivity index (χ1) is 12.4. The number of halogens is 2. The molecule has 3 rings (SSSR count). The lowest BCUT2D eigenvalue weighted by molar-refractivity contribution is 0.208. The number of aromatic nitrogens is 1. The van der Waals surface area contributed by atoms with Crippen molar-refractivity contribution in [3.05, 3.63) is 70.8 Å². The summed E-state index contributed by atoms with van der Waals surface area (Å²) in [6.45, 7) is 3.90.